The lowest BCUT2D eigenvalue weighted by Crippen LogP contribution is -2.58. The minimum atomic E-state index is -0.935. The molecule has 0 spiro atoms. The molecule has 0 radical (unpaired) electrons. The van der Waals surface area contributed by atoms with Crippen LogP contribution in [-0.4, -0.2) is 55.6 Å². The zero-order valence-corrected chi connectivity index (χ0v) is 21.9. The molecule has 2 aromatic heterocycles. The molecule has 0 amide bonds. The molecule has 3 aromatic rings. The number of hydrogen-bond donors (Lipinski definition) is 1. The van der Waals surface area contributed by atoms with Crippen LogP contribution in [0.3, 0.4) is 0 Å². The molecule has 10 heteroatoms. The first-order valence-electron chi connectivity index (χ1n) is 13.2. The molecule has 200 valence electrons. The second kappa shape index (κ2) is 9.10. The van der Waals surface area contributed by atoms with E-state index in [-0.39, 0.29) is 46.2 Å². The zero-order valence-electron chi connectivity index (χ0n) is 21.9. The van der Waals surface area contributed by atoms with Gasteiger partial charge in [0.25, 0.3) is 0 Å². The van der Waals surface area contributed by atoms with Gasteiger partial charge in [0, 0.05) is 17.0 Å². The van der Waals surface area contributed by atoms with E-state index in [4.69, 9.17) is 4.74 Å². The molecule has 3 fully saturated rings. The molecule has 1 aromatic carbocycles. The van der Waals surface area contributed by atoms with Gasteiger partial charge in [-0.3, -0.25) is 0 Å². The van der Waals surface area contributed by atoms with E-state index in [1.165, 1.54) is 13.2 Å². The van der Waals surface area contributed by atoms with Crippen LogP contribution in [0.1, 0.15) is 58.8 Å². The van der Waals surface area contributed by atoms with E-state index in [1.54, 1.807) is 18.3 Å². The number of hydrogen-bond acceptors (Lipinski definition) is 8. The number of nitrogens with zero attached hydrogens (tertiary/aromatic N) is 6. The van der Waals surface area contributed by atoms with Gasteiger partial charge in [0.2, 0.25) is 0 Å². The molecule has 3 aliphatic rings. The Kier molecular flexibility index (Phi) is 5.96. The van der Waals surface area contributed by atoms with Crippen LogP contribution in [0, 0.1) is 16.6 Å². The van der Waals surface area contributed by atoms with Crippen molar-refractivity contribution in [1.29, 1.82) is 0 Å². The minimum Gasteiger partial charge on any atom is -0.507 e. The maximum atomic E-state index is 16.1. The van der Waals surface area contributed by atoms with Gasteiger partial charge in [-0.25, -0.2) is 18.7 Å². The Morgan fingerprint density at radius 2 is 1.92 bits per heavy atom. The molecule has 0 saturated heterocycles. The summed E-state index contributed by atoms with van der Waals surface area (Å²) in [6.07, 6.45) is 8.60. The lowest BCUT2D eigenvalue weighted by Gasteiger charge is -2.56. The van der Waals surface area contributed by atoms with E-state index < -0.39 is 12.0 Å². The van der Waals surface area contributed by atoms with E-state index >= 15 is 4.39 Å². The molecular formula is C28H32F2N6O2. The van der Waals surface area contributed by atoms with Crippen molar-refractivity contribution < 1.29 is 18.6 Å². The number of aromatic nitrogens is 5. The predicted octanol–water partition coefficient (Wildman–Crippen LogP) is 5.51. The van der Waals surface area contributed by atoms with Gasteiger partial charge in [-0.1, -0.05) is 26.3 Å². The van der Waals surface area contributed by atoms with Gasteiger partial charge in [-0.05, 0) is 56.1 Å². The average Bonchev–Trinajstić information content (AvgIpc) is 3.73. The monoisotopic (exact) mass is 522 g/mol. The maximum Gasteiger partial charge on any atom is 0.316 e. The molecule has 38 heavy (non-hydrogen) atoms. The van der Waals surface area contributed by atoms with Gasteiger partial charge in [0.15, 0.2) is 17.5 Å². The van der Waals surface area contributed by atoms with E-state index in [0.29, 0.717) is 16.9 Å². The molecule has 4 atom stereocenters. The Morgan fingerprint density at radius 1 is 1.11 bits per heavy atom. The summed E-state index contributed by atoms with van der Waals surface area (Å²) in [5.74, 6) is 0.0202. The summed E-state index contributed by atoms with van der Waals surface area (Å²) in [6, 6.07) is 4.62. The summed E-state index contributed by atoms with van der Waals surface area (Å²) in [4.78, 5) is 14.4. The number of halogens is 2. The highest BCUT2D eigenvalue weighted by molar-refractivity contribution is 5.71. The summed E-state index contributed by atoms with van der Waals surface area (Å²) in [6.45, 7) is 4.41. The van der Waals surface area contributed by atoms with Crippen molar-refractivity contribution in [3.8, 4) is 34.4 Å². The smallest absolute Gasteiger partial charge is 0.316 e. The number of phenolic OH excluding ortho intramolecular Hbond substituents is 1. The molecule has 0 aliphatic heterocycles. The Labute approximate surface area is 220 Å². The lowest BCUT2D eigenvalue weighted by atomic mass is 9.54. The Hall–Kier alpha value is -3.43. The fourth-order valence-electron chi connectivity index (χ4n) is 6.80. The molecule has 6 rings (SSSR count). The molecular weight excluding hydrogens is 490 g/mol. The Bertz CT molecular complexity index is 1350. The molecule has 3 saturated carbocycles. The number of methoxy groups -OCH3 is 1. The van der Waals surface area contributed by atoms with Crippen molar-refractivity contribution in [1.82, 2.24) is 25.1 Å². The van der Waals surface area contributed by atoms with Crippen LogP contribution in [0.5, 0.6) is 11.8 Å². The third-order valence-electron chi connectivity index (χ3n) is 8.59. The second-order valence-electron chi connectivity index (χ2n) is 11.7. The third-order valence-corrected chi connectivity index (χ3v) is 8.59. The number of benzene rings is 1. The lowest BCUT2D eigenvalue weighted by molar-refractivity contribution is -0.0554. The van der Waals surface area contributed by atoms with Crippen LogP contribution in [0.15, 0.2) is 30.6 Å². The van der Waals surface area contributed by atoms with Crippen LogP contribution in [0.25, 0.3) is 22.6 Å². The van der Waals surface area contributed by atoms with Gasteiger partial charge in [0.05, 0.1) is 31.1 Å². The number of ether oxygens (including phenoxy) is 1. The molecule has 0 unspecified atom stereocenters. The van der Waals surface area contributed by atoms with Gasteiger partial charge in [-0.2, -0.15) is 4.98 Å². The molecule has 2 heterocycles. The van der Waals surface area contributed by atoms with Crippen molar-refractivity contribution in [2.75, 3.05) is 12.0 Å². The fourth-order valence-corrected chi connectivity index (χ4v) is 6.80. The minimum absolute atomic E-state index is 0.00795. The van der Waals surface area contributed by atoms with Gasteiger partial charge in [-0.15, -0.1) is 10.2 Å². The molecule has 2 bridgehead atoms. The van der Waals surface area contributed by atoms with Crippen molar-refractivity contribution in [3.05, 3.63) is 36.4 Å². The Balaban J connectivity index is 1.28. The number of rotatable bonds is 6. The standard InChI is InChI=1S/C28H32F2N6O2/c1-27-9-4-10-28(2,15-27)24(30)20(12-27)36(17-6-7-17)22-14-31-25(35-34-22)18-8-5-16(11-21(18)37)23-19(29)13-32-26(33-23)38-3/h5,8,11,13-14,17,20,24,37H,4,6-7,9-10,12,15H2,1-3H3/t20-,24-,27-,28-/m1/s1. The second-order valence-corrected chi connectivity index (χ2v) is 11.7. The van der Waals surface area contributed by atoms with Crippen LogP contribution in [-0.2, 0) is 0 Å². The highest BCUT2D eigenvalue weighted by Gasteiger charge is 2.56. The average molecular weight is 523 g/mol. The van der Waals surface area contributed by atoms with E-state index in [2.05, 4.69) is 43.9 Å². The van der Waals surface area contributed by atoms with Crippen LogP contribution in [0.4, 0.5) is 14.6 Å². The summed E-state index contributed by atoms with van der Waals surface area (Å²) < 4.78 is 35.4. The summed E-state index contributed by atoms with van der Waals surface area (Å²) in [5, 5.41) is 19.5. The number of aromatic hydroxyl groups is 1. The first-order valence-corrected chi connectivity index (χ1v) is 13.2. The highest BCUT2D eigenvalue weighted by atomic mass is 19.1. The normalized spacial score (nSPS) is 28.7. The maximum absolute atomic E-state index is 16.1. The first-order chi connectivity index (χ1) is 18.2. The summed E-state index contributed by atoms with van der Waals surface area (Å²) in [7, 11) is 1.39. The van der Waals surface area contributed by atoms with Gasteiger partial charge >= 0.3 is 6.01 Å². The SMILES string of the molecule is COc1ncc(F)c(-c2ccc(-c3ncc(N(C4CC4)[C@@H]4C[C@@]5(C)CCC[C@](C)(C5)[C@@H]4F)nn3)c(O)c2)n1. The van der Waals surface area contributed by atoms with Gasteiger partial charge < -0.3 is 14.7 Å². The van der Waals surface area contributed by atoms with Crippen molar-refractivity contribution in [3.63, 3.8) is 0 Å². The van der Waals surface area contributed by atoms with E-state index in [0.717, 1.165) is 51.1 Å². The molecule has 3 aliphatic carbocycles. The third kappa shape index (κ3) is 4.33. The number of fused-ring (bicyclic) bond motifs is 2. The number of alkyl halides is 1. The zero-order chi connectivity index (χ0) is 26.7. The fraction of sp³-hybridized carbons (Fsp3) is 0.536. The van der Waals surface area contributed by atoms with Crippen LogP contribution < -0.4 is 9.64 Å². The summed E-state index contributed by atoms with van der Waals surface area (Å²) >= 11 is 0. The van der Waals surface area contributed by atoms with E-state index in [1.807, 2.05) is 0 Å². The molecule has 8 nitrogen and oxygen atoms in total. The van der Waals surface area contributed by atoms with Crippen molar-refractivity contribution in [2.45, 2.75) is 77.0 Å². The van der Waals surface area contributed by atoms with Crippen molar-refractivity contribution >= 4 is 5.82 Å². The molecule has 1 N–H and O–H groups in total. The van der Waals surface area contributed by atoms with E-state index in [9.17, 15) is 9.50 Å². The van der Waals surface area contributed by atoms with Gasteiger partial charge in [0.1, 0.15) is 17.6 Å². The first kappa shape index (κ1) is 24.9. The van der Waals surface area contributed by atoms with Crippen LogP contribution in [0.2, 0.25) is 0 Å². The highest BCUT2D eigenvalue weighted by Crippen LogP contribution is 2.58. The Morgan fingerprint density at radius 3 is 2.61 bits per heavy atom. The summed E-state index contributed by atoms with van der Waals surface area (Å²) in [5.41, 5.74) is 0.531. The number of anilines is 1. The topological polar surface area (TPSA) is 97.2 Å². The van der Waals surface area contributed by atoms with Crippen LogP contribution >= 0.6 is 0 Å². The number of phenols is 1. The largest absolute Gasteiger partial charge is 0.507 e. The van der Waals surface area contributed by atoms with Crippen molar-refractivity contribution in [2.24, 2.45) is 10.8 Å². The predicted molar refractivity (Wildman–Crippen MR) is 138 cm³/mol. The quantitative estimate of drug-likeness (QED) is 0.452.